The van der Waals surface area contributed by atoms with Crippen LogP contribution >= 0.6 is 11.6 Å². The molecule has 1 unspecified atom stereocenters. The molecule has 2 aromatic carbocycles. The molecule has 0 N–H and O–H groups in total. The molecule has 2 aromatic rings. The lowest BCUT2D eigenvalue weighted by Gasteiger charge is -2.33. The van der Waals surface area contributed by atoms with Crippen molar-refractivity contribution in [1.82, 2.24) is 4.90 Å². The lowest BCUT2D eigenvalue weighted by Crippen LogP contribution is -2.46. The second-order valence-corrected chi connectivity index (χ2v) is 9.64. The predicted molar refractivity (Wildman–Crippen MR) is 112 cm³/mol. The maximum atomic E-state index is 13.4. The normalized spacial score (nSPS) is 17.4. The van der Waals surface area contributed by atoms with E-state index in [0.717, 1.165) is 18.4 Å². The Morgan fingerprint density at radius 3 is 2.50 bits per heavy atom. The third-order valence-electron chi connectivity index (χ3n) is 5.07. The number of hydrogen-bond donors (Lipinski definition) is 0. The monoisotopic (exact) mass is 420 g/mol. The van der Waals surface area contributed by atoms with Gasteiger partial charge >= 0.3 is 0 Å². The molecule has 0 radical (unpaired) electrons. The van der Waals surface area contributed by atoms with Crippen LogP contribution in [0.15, 0.2) is 53.4 Å². The van der Waals surface area contributed by atoms with Crippen LogP contribution in [0.2, 0.25) is 5.02 Å². The number of likely N-dealkylation sites (tertiary alicyclic amines) is 1. The molecule has 5 nitrogen and oxygen atoms in total. The Labute approximate surface area is 172 Å². The number of carbonyl (C=O) groups is 1. The summed E-state index contributed by atoms with van der Waals surface area (Å²) in [6, 6.07) is 13.2. The molecule has 0 spiro atoms. The third-order valence-corrected chi connectivity index (χ3v) is 7.10. The van der Waals surface area contributed by atoms with Gasteiger partial charge in [0, 0.05) is 18.1 Å². The molecule has 0 aromatic heterocycles. The fourth-order valence-electron chi connectivity index (χ4n) is 3.52. The van der Waals surface area contributed by atoms with Gasteiger partial charge in [0.05, 0.1) is 10.6 Å². The van der Waals surface area contributed by atoms with Crippen molar-refractivity contribution in [1.29, 1.82) is 0 Å². The summed E-state index contributed by atoms with van der Waals surface area (Å²) in [6.45, 7) is 5.08. The standard InChI is InChI=1S/C21H25ClN2O3S/c1-16-6-5-13-23(14-16)21(25)15-24(20-8-4-3-7-17(20)2)28(26,27)19-11-9-18(22)10-12-19/h3-4,7-12,16H,5-6,13-15H2,1-2H3. The van der Waals surface area contributed by atoms with Gasteiger partial charge in [-0.1, -0.05) is 36.7 Å². The van der Waals surface area contributed by atoms with Gasteiger partial charge in [-0.25, -0.2) is 8.42 Å². The van der Waals surface area contributed by atoms with Crippen molar-refractivity contribution in [2.75, 3.05) is 23.9 Å². The molecule has 1 amide bonds. The number of benzene rings is 2. The first-order chi connectivity index (χ1) is 13.3. The second kappa shape index (κ2) is 8.53. The van der Waals surface area contributed by atoms with Gasteiger partial charge in [0.2, 0.25) is 5.91 Å². The van der Waals surface area contributed by atoms with Crippen LogP contribution in [0, 0.1) is 12.8 Å². The summed E-state index contributed by atoms with van der Waals surface area (Å²) in [5.74, 6) is 0.254. The van der Waals surface area contributed by atoms with Crippen molar-refractivity contribution in [3.8, 4) is 0 Å². The van der Waals surface area contributed by atoms with Gasteiger partial charge < -0.3 is 4.90 Å². The van der Waals surface area contributed by atoms with Gasteiger partial charge in [-0.05, 0) is 61.6 Å². The number of rotatable bonds is 5. The molecule has 1 fully saturated rings. The molecule has 1 heterocycles. The van der Waals surface area contributed by atoms with Crippen LogP contribution in [0.25, 0.3) is 0 Å². The summed E-state index contributed by atoms with van der Waals surface area (Å²) in [5.41, 5.74) is 1.30. The number of piperidine rings is 1. The van der Waals surface area contributed by atoms with Gasteiger partial charge in [0.25, 0.3) is 10.0 Å². The van der Waals surface area contributed by atoms with Gasteiger partial charge in [0.1, 0.15) is 6.54 Å². The molecular weight excluding hydrogens is 396 g/mol. The highest BCUT2D eigenvalue weighted by Crippen LogP contribution is 2.28. The van der Waals surface area contributed by atoms with Crippen molar-refractivity contribution in [2.24, 2.45) is 5.92 Å². The van der Waals surface area contributed by atoms with E-state index in [1.165, 1.54) is 16.4 Å². The maximum absolute atomic E-state index is 13.4. The van der Waals surface area contributed by atoms with Gasteiger partial charge in [0.15, 0.2) is 0 Å². The van der Waals surface area contributed by atoms with Crippen LogP contribution in [0.4, 0.5) is 5.69 Å². The predicted octanol–water partition coefficient (Wildman–Crippen LogP) is 4.10. The van der Waals surface area contributed by atoms with E-state index in [-0.39, 0.29) is 17.3 Å². The summed E-state index contributed by atoms with van der Waals surface area (Å²) >= 11 is 5.91. The van der Waals surface area contributed by atoms with Crippen LogP contribution in [0.5, 0.6) is 0 Å². The zero-order chi connectivity index (χ0) is 20.3. The minimum Gasteiger partial charge on any atom is -0.341 e. The number of halogens is 1. The topological polar surface area (TPSA) is 57.7 Å². The number of para-hydroxylation sites is 1. The van der Waals surface area contributed by atoms with E-state index in [4.69, 9.17) is 11.6 Å². The van der Waals surface area contributed by atoms with Gasteiger partial charge in [-0.15, -0.1) is 0 Å². The lowest BCUT2D eigenvalue weighted by atomic mass is 10.0. The molecular formula is C21H25ClN2O3S. The van der Waals surface area contributed by atoms with E-state index < -0.39 is 10.0 Å². The van der Waals surface area contributed by atoms with E-state index in [1.807, 2.05) is 19.1 Å². The van der Waals surface area contributed by atoms with Crippen LogP contribution < -0.4 is 4.31 Å². The van der Waals surface area contributed by atoms with Crippen molar-refractivity contribution < 1.29 is 13.2 Å². The summed E-state index contributed by atoms with van der Waals surface area (Å²) in [5, 5.41) is 0.458. The number of hydrogen-bond acceptors (Lipinski definition) is 3. The van der Waals surface area contributed by atoms with E-state index in [9.17, 15) is 13.2 Å². The number of anilines is 1. The zero-order valence-electron chi connectivity index (χ0n) is 16.1. The number of amides is 1. The first-order valence-corrected chi connectivity index (χ1v) is 11.2. The number of aryl methyl sites for hydroxylation is 1. The SMILES string of the molecule is Cc1ccccc1N(CC(=O)N1CCCC(C)C1)S(=O)(=O)c1ccc(Cl)cc1. The molecule has 1 atom stereocenters. The van der Waals surface area contributed by atoms with E-state index in [2.05, 4.69) is 6.92 Å². The first-order valence-electron chi connectivity index (χ1n) is 9.41. The van der Waals surface area contributed by atoms with Crippen molar-refractivity contribution in [3.05, 3.63) is 59.1 Å². The molecule has 7 heteroatoms. The Bertz CT molecular complexity index is 944. The maximum Gasteiger partial charge on any atom is 0.264 e. The Hall–Kier alpha value is -2.05. The molecule has 0 bridgehead atoms. The van der Waals surface area contributed by atoms with Crippen molar-refractivity contribution in [3.63, 3.8) is 0 Å². The molecule has 1 aliphatic heterocycles. The average molecular weight is 421 g/mol. The van der Waals surface area contributed by atoms with Crippen LogP contribution in [0.3, 0.4) is 0 Å². The minimum atomic E-state index is -3.91. The molecule has 0 saturated carbocycles. The molecule has 1 saturated heterocycles. The van der Waals surface area contributed by atoms with Crippen LogP contribution in [-0.4, -0.2) is 38.9 Å². The molecule has 150 valence electrons. The highest BCUT2D eigenvalue weighted by atomic mass is 35.5. The largest absolute Gasteiger partial charge is 0.341 e. The zero-order valence-corrected chi connectivity index (χ0v) is 17.7. The summed E-state index contributed by atoms with van der Waals surface area (Å²) in [4.78, 5) is 14.9. The Balaban J connectivity index is 1.97. The van der Waals surface area contributed by atoms with E-state index >= 15 is 0 Å². The molecule has 28 heavy (non-hydrogen) atoms. The van der Waals surface area contributed by atoms with Crippen molar-refractivity contribution >= 4 is 33.2 Å². The minimum absolute atomic E-state index is 0.111. The molecule has 0 aliphatic carbocycles. The fraction of sp³-hybridized carbons (Fsp3) is 0.381. The highest BCUT2D eigenvalue weighted by molar-refractivity contribution is 7.92. The Morgan fingerprint density at radius 2 is 1.86 bits per heavy atom. The summed E-state index contributed by atoms with van der Waals surface area (Å²) in [6.07, 6.45) is 2.04. The van der Waals surface area contributed by atoms with Crippen molar-refractivity contribution in [2.45, 2.75) is 31.6 Å². The van der Waals surface area contributed by atoms with Gasteiger partial charge in [-0.3, -0.25) is 9.10 Å². The number of carbonyl (C=O) groups excluding carboxylic acids is 1. The quantitative estimate of drug-likeness (QED) is 0.731. The second-order valence-electron chi connectivity index (χ2n) is 7.34. The fourth-order valence-corrected chi connectivity index (χ4v) is 5.12. The Morgan fingerprint density at radius 1 is 1.18 bits per heavy atom. The Kier molecular flexibility index (Phi) is 6.30. The first kappa shape index (κ1) is 20.7. The smallest absolute Gasteiger partial charge is 0.264 e. The third kappa shape index (κ3) is 4.50. The highest BCUT2D eigenvalue weighted by Gasteiger charge is 2.31. The average Bonchev–Trinajstić information content (AvgIpc) is 2.67. The molecule has 1 aliphatic rings. The lowest BCUT2D eigenvalue weighted by molar-refractivity contribution is -0.131. The number of sulfonamides is 1. The molecule has 3 rings (SSSR count). The van der Waals surface area contributed by atoms with Crippen LogP contribution in [-0.2, 0) is 14.8 Å². The van der Waals surface area contributed by atoms with Crippen LogP contribution in [0.1, 0.15) is 25.3 Å². The van der Waals surface area contributed by atoms with E-state index in [1.54, 1.807) is 29.2 Å². The van der Waals surface area contributed by atoms with E-state index in [0.29, 0.717) is 29.7 Å². The summed E-state index contributed by atoms with van der Waals surface area (Å²) in [7, 11) is -3.91. The number of nitrogens with zero attached hydrogens (tertiary/aromatic N) is 2. The van der Waals surface area contributed by atoms with Gasteiger partial charge in [-0.2, -0.15) is 0 Å². The summed E-state index contributed by atoms with van der Waals surface area (Å²) < 4.78 is 28.0.